The van der Waals surface area contributed by atoms with Crippen molar-refractivity contribution in [3.63, 3.8) is 0 Å². The van der Waals surface area contributed by atoms with Crippen molar-refractivity contribution >= 4 is 35.4 Å². The van der Waals surface area contributed by atoms with Crippen LogP contribution in [0.3, 0.4) is 0 Å². The van der Waals surface area contributed by atoms with Gasteiger partial charge in [-0.2, -0.15) is 5.26 Å². The van der Waals surface area contributed by atoms with Crippen LogP contribution in [-0.2, 0) is 9.59 Å². The molecule has 4 fully saturated rings. The van der Waals surface area contributed by atoms with Crippen LogP contribution in [0, 0.1) is 41.9 Å². The lowest BCUT2D eigenvalue weighted by atomic mass is 9.49. The summed E-state index contributed by atoms with van der Waals surface area (Å²) in [7, 11) is 0. The van der Waals surface area contributed by atoms with Crippen molar-refractivity contribution in [3.8, 4) is 17.6 Å². The fourth-order valence-corrected chi connectivity index (χ4v) is 10.2. The van der Waals surface area contributed by atoms with Gasteiger partial charge in [0.25, 0.3) is 17.7 Å². The topological polar surface area (TPSA) is 187 Å². The van der Waals surface area contributed by atoms with Gasteiger partial charge >= 0.3 is 0 Å². The number of aryl methyl sites for hydroxylation is 2. The molecule has 15 heteroatoms. The number of nitrogens with zero attached hydrogens (tertiary/aromatic N) is 6. The van der Waals surface area contributed by atoms with Crippen molar-refractivity contribution in [2.45, 2.75) is 97.9 Å². The molecular weight excluding hydrogens is 765 g/mol. The van der Waals surface area contributed by atoms with Gasteiger partial charge in [-0.1, -0.05) is 27.7 Å². The molecule has 0 spiro atoms. The number of likely N-dealkylation sites (tertiary alicyclic amines) is 1. The number of hydrogen-bond acceptors (Lipinski definition) is 12. The zero-order valence-corrected chi connectivity index (χ0v) is 35.0. The molecule has 1 aliphatic carbocycles. The Bertz CT molecular complexity index is 2250. The van der Waals surface area contributed by atoms with Crippen molar-refractivity contribution in [1.82, 2.24) is 30.4 Å². The number of nitrogens with one attached hydrogen (secondary N) is 2. The molecule has 5 amide bonds. The smallest absolute Gasteiger partial charge is 0.271 e. The second-order valence-corrected chi connectivity index (χ2v) is 18.2. The van der Waals surface area contributed by atoms with Crippen molar-refractivity contribution in [3.05, 3.63) is 76.2 Å². The summed E-state index contributed by atoms with van der Waals surface area (Å²) in [6.07, 6.45) is 5.96. The number of anilines is 1. The van der Waals surface area contributed by atoms with Gasteiger partial charge in [0.15, 0.2) is 0 Å². The van der Waals surface area contributed by atoms with Crippen molar-refractivity contribution < 1.29 is 33.4 Å². The quantitative estimate of drug-likeness (QED) is 0.261. The maximum absolute atomic E-state index is 13.4. The lowest BCUT2D eigenvalue weighted by Gasteiger charge is -2.63. The van der Waals surface area contributed by atoms with Gasteiger partial charge in [0.2, 0.25) is 11.8 Å². The molecule has 0 bridgehead atoms. The molecule has 15 nitrogen and oxygen atoms in total. The Kier molecular flexibility index (Phi) is 10.6. The van der Waals surface area contributed by atoms with E-state index in [1.807, 2.05) is 26.0 Å². The molecule has 4 aliphatic heterocycles. The molecule has 2 N–H and O–H groups in total. The summed E-state index contributed by atoms with van der Waals surface area (Å²) in [6, 6.07) is 9.77. The minimum atomic E-state index is -1.00. The van der Waals surface area contributed by atoms with Crippen LogP contribution in [0.15, 0.2) is 42.7 Å². The fourth-order valence-electron chi connectivity index (χ4n) is 10.2. The molecule has 3 aromatic rings. The highest BCUT2D eigenvalue weighted by Crippen LogP contribution is 2.55. The fraction of sp³-hybridized carbons (Fsp3) is 0.511. The highest BCUT2D eigenvalue weighted by molar-refractivity contribution is 6.23. The van der Waals surface area contributed by atoms with E-state index in [1.165, 1.54) is 0 Å². The Morgan fingerprint density at radius 3 is 2.22 bits per heavy atom. The summed E-state index contributed by atoms with van der Waals surface area (Å²) < 4.78 is 12.8. The summed E-state index contributed by atoms with van der Waals surface area (Å²) in [4.78, 5) is 78.3. The first kappa shape index (κ1) is 40.9. The SMILES string of the molecule is Cc1cc(OC2C(C)(C)C(NC(=O)c3cnc(N4CC(CCN5CCC(Oc6ccc7c(c6)C(=O)N(C6CCC(=O)NC6=O)C7=O)CC5)C4)cn3)C2(C)C)cc(C)c1C#N. The van der Waals surface area contributed by atoms with E-state index in [9.17, 15) is 29.2 Å². The minimum absolute atomic E-state index is 0.0213. The number of carbonyl (C=O) groups is 5. The van der Waals surface area contributed by atoms with E-state index in [1.54, 1.807) is 30.6 Å². The first-order valence-corrected chi connectivity index (χ1v) is 20.9. The number of piperidine rings is 2. The van der Waals surface area contributed by atoms with Gasteiger partial charge in [-0.05, 0) is 93.5 Å². The van der Waals surface area contributed by atoms with Crippen LogP contribution in [0.25, 0.3) is 0 Å². The van der Waals surface area contributed by atoms with Crippen molar-refractivity contribution in [2.75, 3.05) is 37.6 Å². The van der Waals surface area contributed by atoms with Gasteiger partial charge in [0.1, 0.15) is 41.3 Å². The first-order valence-electron chi connectivity index (χ1n) is 20.9. The third-order valence-corrected chi connectivity index (χ3v) is 13.2. The molecule has 0 radical (unpaired) electrons. The average Bonchev–Trinajstić information content (AvgIpc) is 3.43. The predicted octanol–water partition coefficient (Wildman–Crippen LogP) is 4.35. The molecule has 60 heavy (non-hydrogen) atoms. The van der Waals surface area contributed by atoms with E-state index in [2.05, 4.69) is 64.2 Å². The largest absolute Gasteiger partial charge is 0.490 e. The van der Waals surface area contributed by atoms with Gasteiger partial charge in [-0.3, -0.25) is 34.2 Å². The van der Waals surface area contributed by atoms with E-state index in [4.69, 9.17) is 9.47 Å². The van der Waals surface area contributed by atoms with E-state index in [-0.39, 0.29) is 64.6 Å². The zero-order valence-electron chi connectivity index (χ0n) is 35.0. The van der Waals surface area contributed by atoms with Gasteiger partial charge in [0, 0.05) is 49.5 Å². The predicted molar refractivity (Wildman–Crippen MR) is 219 cm³/mol. The molecule has 5 aliphatic rings. The van der Waals surface area contributed by atoms with Gasteiger partial charge in [-0.25, -0.2) is 9.97 Å². The van der Waals surface area contributed by atoms with E-state index in [0.717, 1.165) is 79.6 Å². The summed E-state index contributed by atoms with van der Waals surface area (Å²) in [5, 5.41) is 14.9. The van der Waals surface area contributed by atoms with E-state index in [0.29, 0.717) is 17.2 Å². The number of carbonyl (C=O) groups excluding carboxylic acids is 5. The number of hydrogen-bond donors (Lipinski definition) is 2. The highest BCUT2D eigenvalue weighted by atomic mass is 16.5. The second kappa shape index (κ2) is 15.6. The summed E-state index contributed by atoms with van der Waals surface area (Å²) >= 11 is 0. The normalized spacial score (nSPS) is 23.9. The molecule has 1 saturated carbocycles. The Hall–Kier alpha value is -5.88. The monoisotopic (exact) mass is 816 g/mol. The highest BCUT2D eigenvalue weighted by Gasteiger charge is 2.64. The van der Waals surface area contributed by atoms with Gasteiger partial charge in [0.05, 0.1) is 35.2 Å². The lowest BCUT2D eigenvalue weighted by Crippen LogP contribution is -2.74. The molecule has 5 heterocycles. The van der Waals surface area contributed by atoms with Gasteiger partial charge in [-0.15, -0.1) is 0 Å². The van der Waals surface area contributed by atoms with Crippen LogP contribution in [0.4, 0.5) is 5.82 Å². The number of nitriles is 1. The Morgan fingerprint density at radius 1 is 0.900 bits per heavy atom. The Morgan fingerprint density at radius 2 is 1.58 bits per heavy atom. The van der Waals surface area contributed by atoms with Crippen LogP contribution in [-0.4, -0.2) is 106 Å². The molecule has 3 saturated heterocycles. The maximum atomic E-state index is 13.4. The lowest BCUT2D eigenvalue weighted by molar-refractivity contribution is -0.164. The molecule has 314 valence electrons. The van der Waals surface area contributed by atoms with Crippen LogP contribution < -0.4 is 25.0 Å². The van der Waals surface area contributed by atoms with Crippen LogP contribution in [0.2, 0.25) is 0 Å². The molecule has 2 aromatic carbocycles. The number of imide groups is 2. The molecule has 8 rings (SSSR count). The summed E-state index contributed by atoms with van der Waals surface area (Å²) in [6.45, 7) is 16.7. The van der Waals surface area contributed by atoms with Crippen LogP contribution >= 0.6 is 0 Å². The minimum Gasteiger partial charge on any atom is -0.490 e. The molecule has 1 atom stereocenters. The number of benzene rings is 2. The molecule has 1 unspecified atom stereocenters. The molecular formula is C45H52N8O7. The average molecular weight is 817 g/mol. The Labute approximate surface area is 349 Å². The number of fused-ring (bicyclic) bond motifs is 1. The summed E-state index contributed by atoms with van der Waals surface area (Å²) in [5.41, 5.74) is 2.42. The third-order valence-electron chi connectivity index (χ3n) is 13.2. The van der Waals surface area contributed by atoms with Crippen molar-refractivity contribution in [1.29, 1.82) is 5.26 Å². The number of rotatable bonds is 11. The number of amides is 5. The Balaban J connectivity index is 0.758. The standard InChI is InChI=1S/C45H52N8O7/c1-25-17-30(18-26(2)33(25)20-46)60-43-44(3,4)42(45(43,5)6)50-38(55)34-21-48-36(22-47-34)52-23-27(24-52)11-14-51-15-12-28(13-16-51)59-29-7-8-31-32(19-29)41(58)53(40(31)57)35-9-10-37(54)49-39(35)56/h7-8,17-19,21-22,27-28,35,42-43H,9-16,23-24H2,1-6H3,(H,50,55)(H,49,54,56). The van der Waals surface area contributed by atoms with Crippen LogP contribution in [0.1, 0.15) is 108 Å². The van der Waals surface area contributed by atoms with Gasteiger partial charge < -0.3 is 24.6 Å². The van der Waals surface area contributed by atoms with E-state index >= 15 is 0 Å². The summed E-state index contributed by atoms with van der Waals surface area (Å²) in [5.74, 6) is 0.146. The number of ether oxygens (including phenoxy) is 2. The number of aromatic nitrogens is 2. The van der Waals surface area contributed by atoms with E-state index < -0.39 is 29.7 Å². The molecule has 1 aromatic heterocycles. The second-order valence-electron chi connectivity index (χ2n) is 18.2. The third kappa shape index (κ3) is 7.46. The zero-order chi connectivity index (χ0) is 42.7. The maximum Gasteiger partial charge on any atom is 0.271 e. The first-order chi connectivity index (χ1) is 28.5. The van der Waals surface area contributed by atoms with Crippen LogP contribution in [0.5, 0.6) is 11.5 Å². The van der Waals surface area contributed by atoms with Crippen molar-refractivity contribution in [2.24, 2.45) is 16.7 Å².